The number of anilines is 2. The van der Waals surface area contributed by atoms with Crippen molar-refractivity contribution in [1.29, 1.82) is 0 Å². The highest BCUT2D eigenvalue weighted by molar-refractivity contribution is 6.33. The Kier molecular flexibility index (Phi) is 5.27. The van der Waals surface area contributed by atoms with Crippen LogP contribution >= 0.6 is 11.6 Å². The molecule has 0 aliphatic carbocycles. The Balaban J connectivity index is 1.74. The van der Waals surface area contributed by atoms with Gasteiger partial charge >= 0.3 is 0 Å². The summed E-state index contributed by atoms with van der Waals surface area (Å²) in [7, 11) is 1.35. The molecule has 0 unspecified atom stereocenters. The van der Waals surface area contributed by atoms with Gasteiger partial charge in [-0.15, -0.1) is 0 Å². The van der Waals surface area contributed by atoms with Crippen molar-refractivity contribution >= 4 is 34.8 Å². The van der Waals surface area contributed by atoms with Crippen LogP contribution in [0, 0.1) is 5.82 Å². The lowest BCUT2D eigenvalue weighted by Gasteiger charge is -2.29. The molecule has 1 fully saturated rings. The van der Waals surface area contributed by atoms with Gasteiger partial charge in [0, 0.05) is 24.3 Å². The predicted molar refractivity (Wildman–Crippen MR) is 97.6 cm³/mol. The summed E-state index contributed by atoms with van der Waals surface area (Å²) in [5.41, 5.74) is 1.35. The number of hydrogen-bond donors (Lipinski definition) is 2. The zero-order valence-corrected chi connectivity index (χ0v) is 14.8. The smallest absolute Gasteiger partial charge is 0.255 e. The molecule has 0 saturated carbocycles. The summed E-state index contributed by atoms with van der Waals surface area (Å²) < 4.78 is 18.6. The first-order valence-corrected chi connectivity index (χ1v) is 8.32. The topological polar surface area (TPSA) is 70.7 Å². The standard InChI is InChI=1S/C18H17ClFN3O3/c1-26-16-5-2-11(8-14(16)20)18(25)22-12-3-4-15(13(19)9-12)23-7-6-21-17(24)10-23/h2-5,8-9H,6-7,10H2,1H3,(H,21,24)(H,22,25). The molecule has 3 rings (SSSR count). The fraction of sp³-hybridized carbons (Fsp3) is 0.222. The molecule has 0 spiro atoms. The Morgan fingerprint density at radius 3 is 2.77 bits per heavy atom. The van der Waals surface area contributed by atoms with E-state index in [1.165, 1.54) is 19.2 Å². The first kappa shape index (κ1) is 18.0. The van der Waals surface area contributed by atoms with E-state index >= 15 is 0 Å². The van der Waals surface area contributed by atoms with Crippen molar-refractivity contribution in [2.24, 2.45) is 0 Å². The SMILES string of the molecule is COc1ccc(C(=O)Nc2ccc(N3CCNC(=O)C3)c(Cl)c2)cc1F. The zero-order chi connectivity index (χ0) is 18.7. The lowest BCUT2D eigenvalue weighted by molar-refractivity contribution is -0.120. The number of methoxy groups -OCH3 is 1. The summed E-state index contributed by atoms with van der Waals surface area (Å²) >= 11 is 6.30. The van der Waals surface area contributed by atoms with Crippen molar-refractivity contribution in [1.82, 2.24) is 5.32 Å². The molecule has 0 atom stereocenters. The molecular weight excluding hydrogens is 361 g/mol. The van der Waals surface area contributed by atoms with E-state index in [0.717, 1.165) is 11.8 Å². The number of benzene rings is 2. The molecular formula is C18H17ClFN3O3. The summed E-state index contributed by atoms with van der Waals surface area (Å²) in [4.78, 5) is 25.7. The van der Waals surface area contributed by atoms with Gasteiger partial charge in [0.25, 0.3) is 5.91 Å². The summed E-state index contributed by atoms with van der Waals surface area (Å²) in [6, 6.07) is 9.00. The van der Waals surface area contributed by atoms with Gasteiger partial charge in [0.05, 0.1) is 24.4 Å². The normalized spacial score (nSPS) is 14.0. The molecule has 0 bridgehead atoms. The van der Waals surface area contributed by atoms with Crippen LogP contribution < -0.4 is 20.3 Å². The van der Waals surface area contributed by atoms with E-state index in [-0.39, 0.29) is 23.8 Å². The highest BCUT2D eigenvalue weighted by Gasteiger charge is 2.19. The molecule has 26 heavy (non-hydrogen) atoms. The van der Waals surface area contributed by atoms with Crippen molar-refractivity contribution in [3.8, 4) is 5.75 Å². The van der Waals surface area contributed by atoms with E-state index in [1.54, 1.807) is 18.2 Å². The van der Waals surface area contributed by atoms with Gasteiger partial charge in [-0.25, -0.2) is 4.39 Å². The summed E-state index contributed by atoms with van der Waals surface area (Å²) in [6.45, 7) is 1.44. The summed E-state index contributed by atoms with van der Waals surface area (Å²) in [5, 5.41) is 5.84. The van der Waals surface area contributed by atoms with Crippen molar-refractivity contribution in [2.45, 2.75) is 0 Å². The van der Waals surface area contributed by atoms with Crippen molar-refractivity contribution in [3.05, 3.63) is 52.8 Å². The molecule has 1 saturated heterocycles. The average Bonchev–Trinajstić information content (AvgIpc) is 2.61. The third kappa shape index (κ3) is 3.88. The van der Waals surface area contributed by atoms with E-state index in [4.69, 9.17) is 16.3 Å². The second kappa shape index (κ2) is 7.61. The molecule has 6 nitrogen and oxygen atoms in total. The van der Waals surface area contributed by atoms with Crippen LogP contribution in [0.2, 0.25) is 5.02 Å². The van der Waals surface area contributed by atoms with Crippen LogP contribution in [0.15, 0.2) is 36.4 Å². The molecule has 0 aromatic heterocycles. The molecule has 2 N–H and O–H groups in total. The quantitative estimate of drug-likeness (QED) is 0.859. The number of rotatable bonds is 4. The van der Waals surface area contributed by atoms with E-state index < -0.39 is 11.7 Å². The fourth-order valence-corrected chi connectivity index (χ4v) is 3.00. The Labute approximate surface area is 154 Å². The number of ether oxygens (including phenoxy) is 1. The molecule has 2 aromatic carbocycles. The molecule has 1 aliphatic heterocycles. The van der Waals surface area contributed by atoms with Crippen LogP contribution in [0.3, 0.4) is 0 Å². The van der Waals surface area contributed by atoms with Crippen molar-refractivity contribution in [2.75, 3.05) is 37.0 Å². The highest BCUT2D eigenvalue weighted by Crippen LogP contribution is 2.29. The number of carbonyl (C=O) groups excluding carboxylic acids is 2. The molecule has 1 aliphatic rings. The van der Waals surface area contributed by atoms with Crippen LogP contribution in [0.25, 0.3) is 0 Å². The monoisotopic (exact) mass is 377 g/mol. The second-order valence-corrected chi connectivity index (χ2v) is 6.15. The lowest BCUT2D eigenvalue weighted by atomic mass is 10.2. The Bertz CT molecular complexity index is 860. The second-order valence-electron chi connectivity index (χ2n) is 5.74. The van der Waals surface area contributed by atoms with Gasteiger partial charge in [0.1, 0.15) is 0 Å². The van der Waals surface area contributed by atoms with Gasteiger partial charge in [-0.2, -0.15) is 0 Å². The van der Waals surface area contributed by atoms with Crippen LogP contribution in [0.5, 0.6) is 5.75 Å². The molecule has 2 aromatic rings. The first-order valence-electron chi connectivity index (χ1n) is 7.94. The number of halogens is 2. The van der Waals surface area contributed by atoms with E-state index in [9.17, 15) is 14.0 Å². The van der Waals surface area contributed by atoms with E-state index in [1.807, 2.05) is 4.90 Å². The average molecular weight is 378 g/mol. The largest absolute Gasteiger partial charge is 0.494 e. The Hall–Kier alpha value is -2.80. The molecule has 136 valence electrons. The van der Waals surface area contributed by atoms with Gasteiger partial charge in [-0.1, -0.05) is 11.6 Å². The number of nitrogens with zero attached hydrogens (tertiary/aromatic N) is 1. The van der Waals surface area contributed by atoms with Crippen LogP contribution in [0.1, 0.15) is 10.4 Å². The number of piperazine rings is 1. The Morgan fingerprint density at radius 2 is 2.12 bits per heavy atom. The minimum absolute atomic E-state index is 0.0637. The Morgan fingerprint density at radius 1 is 1.31 bits per heavy atom. The van der Waals surface area contributed by atoms with Crippen molar-refractivity contribution in [3.63, 3.8) is 0 Å². The van der Waals surface area contributed by atoms with Gasteiger partial charge in [0.2, 0.25) is 5.91 Å². The molecule has 1 heterocycles. The lowest BCUT2D eigenvalue weighted by Crippen LogP contribution is -2.47. The predicted octanol–water partition coefficient (Wildman–Crippen LogP) is 2.68. The maximum atomic E-state index is 13.7. The number of nitrogens with one attached hydrogen (secondary N) is 2. The van der Waals surface area contributed by atoms with Crippen LogP contribution in [-0.2, 0) is 4.79 Å². The third-order valence-electron chi connectivity index (χ3n) is 4.00. The summed E-state index contributed by atoms with van der Waals surface area (Å²) in [6.07, 6.45) is 0. The van der Waals surface area contributed by atoms with E-state index in [2.05, 4.69) is 10.6 Å². The fourth-order valence-electron chi connectivity index (χ4n) is 2.70. The van der Waals surface area contributed by atoms with Crippen LogP contribution in [0.4, 0.5) is 15.8 Å². The number of hydrogen-bond acceptors (Lipinski definition) is 4. The molecule has 2 amide bonds. The van der Waals surface area contributed by atoms with Gasteiger partial charge in [-0.3, -0.25) is 9.59 Å². The molecule has 8 heteroatoms. The van der Waals surface area contributed by atoms with Gasteiger partial charge in [-0.05, 0) is 36.4 Å². The minimum Gasteiger partial charge on any atom is -0.494 e. The van der Waals surface area contributed by atoms with E-state index in [0.29, 0.717) is 23.8 Å². The third-order valence-corrected chi connectivity index (χ3v) is 4.30. The number of carbonyl (C=O) groups is 2. The van der Waals surface area contributed by atoms with Crippen LogP contribution in [-0.4, -0.2) is 38.6 Å². The zero-order valence-electron chi connectivity index (χ0n) is 14.0. The summed E-state index contributed by atoms with van der Waals surface area (Å²) in [5.74, 6) is -1.07. The van der Waals surface area contributed by atoms with Crippen molar-refractivity contribution < 1.29 is 18.7 Å². The van der Waals surface area contributed by atoms with Gasteiger partial charge in [0.15, 0.2) is 11.6 Å². The minimum atomic E-state index is -0.614. The maximum Gasteiger partial charge on any atom is 0.255 e. The number of amides is 2. The maximum absolute atomic E-state index is 13.7. The molecule has 0 radical (unpaired) electrons. The van der Waals surface area contributed by atoms with Gasteiger partial charge < -0.3 is 20.3 Å². The first-order chi connectivity index (χ1) is 12.5. The highest BCUT2D eigenvalue weighted by atomic mass is 35.5.